The largest absolute Gasteiger partial charge is 0.397 e. The fraction of sp³-hybridized carbons (Fsp3) is 0.462. The molecule has 5 N–H and O–H groups in total. The van der Waals surface area contributed by atoms with Crippen molar-refractivity contribution in [3.8, 4) is 0 Å². The van der Waals surface area contributed by atoms with Crippen molar-refractivity contribution in [3.63, 3.8) is 0 Å². The molecule has 1 amide bonds. The van der Waals surface area contributed by atoms with E-state index in [1.54, 1.807) is 0 Å². The van der Waals surface area contributed by atoms with E-state index in [1.165, 1.54) is 0 Å². The molecule has 1 atom stereocenters. The fourth-order valence-corrected chi connectivity index (χ4v) is 2.11. The average molecular weight is 249 g/mol. The normalized spacial score (nSPS) is 15.1. The van der Waals surface area contributed by atoms with Gasteiger partial charge in [-0.2, -0.15) is 0 Å². The quantitative estimate of drug-likeness (QED) is 0.593. The van der Waals surface area contributed by atoms with Gasteiger partial charge < -0.3 is 21.5 Å². The van der Waals surface area contributed by atoms with E-state index in [9.17, 15) is 9.90 Å². The summed E-state index contributed by atoms with van der Waals surface area (Å²) >= 11 is 0. The van der Waals surface area contributed by atoms with E-state index in [0.717, 1.165) is 29.8 Å². The molecule has 98 valence electrons. The summed E-state index contributed by atoms with van der Waals surface area (Å²) in [4.78, 5) is 11.3. The Morgan fingerprint density at radius 3 is 3.06 bits per heavy atom. The number of fused-ring (bicyclic) bond motifs is 1. The molecule has 0 aliphatic carbocycles. The van der Waals surface area contributed by atoms with Crippen LogP contribution in [-0.4, -0.2) is 23.7 Å². The summed E-state index contributed by atoms with van der Waals surface area (Å²) in [6, 6.07) is 3.63. The molecule has 0 bridgehead atoms. The zero-order valence-electron chi connectivity index (χ0n) is 10.5. The number of nitrogens with one attached hydrogen (secondary N) is 2. The lowest BCUT2D eigenvalue weighted by atomic mass is 10.1. The Morgan fingerprint density at radius 2 is 2.33 bits per heavy atom. The Morgan fingerprint density at radius 1 is 1.56 bits per heavy atom. The molecule has 0 saturated carbocycles. The van der Waals surface area contributed by atoms with Gasteiger partial charge >= 0.3 is 0 Å². The second kappa shape index (κ2) is 5.27. The van der Waals surface area contributed by atoms with E-state index >= 15 is 0 Å². The van der Waals surface area contributed by atoms with Crippen LogP contribution in [0.2, 0.25) is 0 Å². The first-order chi connectivity index (χ1) is 8.60. The van der Waals surface area contributed by atoms with Crippen LogP contribution in [0.25, 0.3) is 0 Å². The van der Waals surface area contributed by atoms with Crippen LogP contribution in [0.15, 0.2) is 12.1 Å². The van der Waals surface area contributed by atoms with Crippen LogP contribution in [0.1, 0.15) is 25.3 Å². The third kappa shape index (κ3) is 2.73. The Balaban J connectivity index is 2.06. The Bertz CT molecular complexity index is 460. The van der Waals surface area contributed by atoms with Crippen molar-refractivity contribution < 1.29 is 9.90 Å². The van der Waals surface area contributed by atoms with Gasteiger partial charge in [0.25, 0.3) is 0 Å². The van der Waals surface area contributed by atoms with Gasteiger partial charge in [-0.1, -0.05) is 13.3 Å². The Kier molecular flexibility index (Phi) is 3.72. The highest BCUT2D eigenvalue weighted by Gasteiger charge is 2.19. The molecule has 1 aromatic rings. The molecule has 5 heteroatoms. The molecule has 0 saturated heterocycles. The van der Waals surface area contributed by atoms with Gasteiger partial charge in [-0.25, -0.2) is 0 Å². The average Bonchev–Trinajstić information content (AvgIpc) is 2.65. The summed E-state index contributed by atoms with van der Waals surface area (Å²) in [6.45, 7) is 2.49. The number of nitrogens with two attached hydrogens (primary N) is 1. The van der Waals surface area contributed by atoms with Crippen LogP contribution >= 0.6 is 0 Å². The monoisotopic (exact) mass is 249 g/mol. The lowest BCUT2D eigenvalue weighted by Gasteiger charge is -2.14. The molecule has 0 aromatic heterocycles. The molecule has 0 radical (unpaired) electrons. The van der Waals surface area contributed by atoms with Crippen LogP contribution in [0, 0.1) is 0 Å². The van der Waals surface area contributed by atoms with E-state index in [0.29, 0.717) is 18.7 Å². The number of hydrogen-bond donors (Lipinski definition) is 4. The summed E-state index contributed by atoms with van der Waals surface area (Å²) in [7, 11) is 0. The van der Waals surface area contributed by atoms with Crippen molar-refractivity contribution in [1.29, 1.82) is 0 Å². The highest BCUT2D eigenvalue weighted by atomic mass is 16.3. The predicted molar refractivity (Wildman–Crippen MR) is 72.6 cm³/mol. The van der Waals surface area contributed by atoms with Gasteiger partial charge in [-0.15, -0.1) is 0 Å². The van der Waals surface area contributed by atoms with Gasteiger partial charge in [0.15, 0.2) is 0 Å². The van der Waals surface area contributed by atoms with E-state index in [1.807, 2.05) is 19.1 Å². The second-order valence-corrected chi connectivity index (χ2v) is 4.64. The summed E-state index contributed by atoms with van der Waals surface area (Å²) in [5.74, 6) is -0.00688. The van der Waals surface area contributed by atoms with Crippen molar-refractivity contribution >= 4 is 23.0 Å². The third-order valence-corrected chi connectivity index (χ3v) is 3.05. The van der Waals surface area contributed by atoms with E-state index in [-0.39, 0.29) is 12.0 Å². The Labute approximate surface area is 106 Å². The van der Waals surface area contributed by atoms with Crippen LogP contribution in [0.4, 0.5) is 17.1 Å². The number of rotatable bonds is 5. The number of carbonyl (C=O) groups excluding carboxylic acids is 1. The topological polar surface area (TPSA) is 87.4 Å². The standard InChI is InChI=1S/C13H19N3O2/c1-2-3-9(17)7-15-12-6-11-8(4-10(12)14)5-13(18)16-11/h4,6,9,15,17H,2-3,5,7,14H2,1H3,(H,16,18). The van der Waals surface area contributed by atoms with Crippen LogP contribution in [0.5, 0.6) is 0 Å². The molecular formula is C13H19N3O2. The van der Waals surface area contributed by atoms with E-state index in [4.69, 9.17) is 5.73 Å². The van der Waals surface area contributed by atoms with Gasteiger partial charge in [0.05, 0.1) is 23.9 Å². The highest BCUT2D eigenvalue weighted by molar-refractivity contribution is 6.00. The summed E-state index contributed by atoms with van der Waals surface area (Å²) in [6.07, 6.45) is 1.71. The second-order valence-electron chi connectivity index (χ2n) is 4.64. The molecule has 1 aliphatic heterocycles. The van der Waals surface area contributed by atoms with Gasteiger partial charge in [-0.3, -0.25) is 4.79 Å². The maximum Gasteiger partial charge on any atom is 0.228 e. The molecule has 0 spiro atoms. The number of hydrogen-bond acceptors (Lipinski definition) is 4. The Hall–Kier alpha value is -1.75. The van der Waals surface area contributed by atoms with Gasteiger partial charge in [0, 0.05) is 12.2 Å². The maximum atomic E-state index is 11.3. The molecule has 0 fully saturated rings. The number of benzene rings is 1. The number of nitrogen functional groups attached to an aromatic ring is 1. The van der Waals surface area contributed by atoms with Crippen molar-refractivity contribution in [1.82, 2.24) is 0 Å². The third-order valence-electron chi connectivity index (χ3n) is 3.05. The van der Waals surface area contributed by atoms with Gasteiger partial charge in [0.1, 0.15) is 0 Å². The number of anilines is 3. The first kappa shape index (κ1) is 12.7. The summed E-state index contributed by atoms with van der Waals surface area (Å²) in [5, 5.41) is 15.6. The lowest BCUT2D eigenvalue weighted by molar-refractivity contribution is -0.115. The molecular weight excluding hydrogens is 230 g/mol. The van der Waals surface area contributed by atoms with Gasteiger partial charge in [-0.05, 0) is 24.1 Å². The molecule has 1 aromatic carbocycles. The summed E-state index contributed by atoms with van der Waals surface area (Å²) in [5.41, 5.74) is 9.01. The molecule has 18 heavy (non-hydrogen) atoms. The zero-order valence-corrected chi connectivity index (χ0v) is 10.5. The molecule has 5 nitrogen and oxygen atoms in total. The highest BCUT2D eigenvalue weighted by Crippen LogP contribution is 2.31. The van der Waals surface area contributed by atoms with Crippen molar-refractivity contribution in [2.45, 2.75) is 32.3 Å². The van der Waals surface area contributed by atoms with E-state index < -0.39 is 0 Å². The van der Waals surface area contributed by atoms with Crippen LogP contribution in [-0.2, 0) is 11.2 Å². The molecule has 1 heterocycles. The predicted octanol–water partition coefficient (Wildman–Crippen LogP) is 1.34. The van der Waals surface area contributed by atoms with Crippen molar-refractivity contribution in [2.24, 2.45) is 0 Å². The number of carbonyl (C=O) groups is 1. The summed E-state index contributed by atoms with van der Waals surface area (Å²) < 4.78 is 0. The number of aliphatic hydroxyl groups excluding tert-OH is 1. The minimum atomic E-state index is -0.378. The lowest BCUT2D eigenvalue weighted by Crippen LogP contribution is -2.19. The fourth-order valence-electron chi connectivity index (χ4n) is 2.11. The first-order valence-electron chi connectivity index (χ1n) is 6.24. The van der Waals surface area contributed by atoms with Crippen LogP contribution in [0.3, 0.4) is 0 Å². The first-order valence-corrected chi connectivity index (χ1v) is 6.24. The molecule has 1 aliphatic rings. The smallest absolute Gasteiger partial charge is 0.228 e. The van der Waals surface area contributed by atoms with Crippen molar-refractivity contribution in [3.05, 3.63) is 17.7 Å². The molecule has 2 rings (SSSR count). The maximum absolute atomic E-state index is 11.3. The molecule has 1 unspecified atom stereocenters. The van der Waals surface area contributed by atoms with Crippen molar-refractivity contribution in [2.75, 3.05) is 22.9 Å². The van der Waals surface area contributed by atoms with E-state index in [2.05, 4.69) is 10.6 Å². The minimum Gasteiger partial charge on any atom is -0.397 e. The number of amides is 1. The van der Waals surface area contributed by atoms with Crippen LogP contribution < -0.4 is 16.4 Å². The minimum absolute atomic E-state index is 0.00688. The SMILES string of the molecule is CCCC(O)CNc1cc2c(cc1N)CC(=O)N2. The van der Waals surface area contributed by atoms with Gasteiger partial charge in [0.2, 0.25) is 5.91 Å². The number of aliphatic hydroxyl groups is 1. The zero-order chi connectivity index (χ0) is 13.1.